The number of hydrogen-bond donors (Lipinski definition) is 0. The van der Waals surface area contributed by atoms with Crippen molar-refractivity contribution in [2.24, 2.45) is 0 Å². The summed E-state index contributed by atoms with van der Waals surface area (Å²) in [5, 5.41) is 0. The van der Waals surface area contributed by atoms with Crippen molar-refractivity contribution < 1.29 is 14.2 Å². The van der Waals surface area contributed by atoms with Gasteiger partial charge in [-0.1, -0.05) is 6.07 Å². The van der Waals surface area contributed by atoms with Crippen LogP contribution in [0.5, 0.6) is 11.5 Å². The lowest BCUT2D eigenvalue weighted by Crippen LogP contribution is -2.47. The van der Waals surface area contributed by atoms with E-state index >= 15 is 0 Å². The van der Waals surface area contributed by atoms with Gasteiger partial charge in [0.05, 0.1) is 26.0 Å². The van der Waals surface area contributed by atoms with Gasteiger partial charge in [0.25, 0.3) is 0 Å². The van der Waals surface area contributed by atoms with Gasteiger partial charge < -0.3 is 14.2 Å². The number of aromatic nitrogens is 2. The SMILES string of the molecule is CCOc1cc(CN2CCC3(CC2)OCCc2cnc(C)nc23)ccc1OC. The van der Waals surface area contributed by atoms with Crippen LogP contribution in [0, 0.1) is 6.92 Å². The molecule has 1 aromatic heterocycles. The van der Waals surface area contributed by atoms with Crippen LogP contribution >= 0.6 is 0 Å². The van der Waals surface area contributed by atoms with Crippen molar-refractivity contribution in [3.8, 4) is 11.5 Å². The van der Waals surface area contributed by atoms with E-state index in [1.807, 2.05) is 26.1 Å². The maximum Gasteiger partial charge on any atom is 0.161 e. The zero-order chi connectivity index (χ0) is 19.6. The second-order valence-corrected chi connectivity index (χ2v) is 7.58. The highest BCUT2D eigenvalue weighted by atomic mass is 16.5. The highest BCUT2D eigenvalue weighted by Gasteiger charge is 2.42. The molecular formula is C22H29N3O3. The van der Waals surface area contributed by atoms with E-state index in [0.29, 0.717) is 6.61 Å². The molecule has 1 fully saturated rings. The number of aryl methyl sites for hydroxylation is 1. The van der Waals surface area contributed by atoms with Gasteiger partial charge in [-0.15, -0.1) is 0 Å². The van der Waals surface area contributed by atoms with Crippen LogP contribution in [0.4, 0.5) is 0 Å². The Morgan fingerprint density at radius 1 is 1.21 bits per heavy atom. The van der Waals surface area contributed by atoms with Crippen LogP contribution < -0.4 is 9.47 Å². The fourth-order valence-electron chi connectivity index (χ4n) is 4.30. The van der Waals surface area contributed by atoms with Gasteiger partial charge in [0, 0.05) is 25.8 Å². The third kappa shape index (κ3) is 3.71. The quantitative estimate of drug-likeness (QED) is 0.790. The zero-order valence-electron chi connectivity index (χ0n) is 17.0. The molecule has 0 saturated carbocycles. The molecule has 0 amide bonds. The molecule has 1 aromatic carbocycles. The molecule has 0 atom stereocenters. The number of fused-ring (bicyclic) bond motifs is 2. The minimum atomic E-state index is -0.242. The molecule has 150 valence electrons. The second kappa shape index (κ2) is 8.05. The normalized spacial score (nSPS) is 18.7. The van der Waals surface area contributed by atoms with Gasteiger partial charge in [0.1, 0.15) is 11.4 Å². The average Bonchev–Trinajstić information content (AvgIpc) is 2.71. The first-order chi connectivity index (χ1) is 13.6. The summed E-state index contributed by atoms with van der Waals surface area (Å²) in [7, 11) is 1.68. The van der Waals surface area contributed by atoms with Crippen molar-refractivity contribution in [2.75, 3.05) is 33.4 Å². The molecule has 6 heteroatoms. The molecule has 1 spiro atoms. The smallest absolute Gasteiger partial charge is 0.161 e. The van der Waals surface area contributed by atoms with Gasteiger partial charge in [-0.05, 0) is 56.4 Å². The number of benzene rings is 1. The summed E-state index contributed by atoms with van der Waals surface area (Å²) in [6, 6.07) is 6.20. The molecule has 1 saturated heterocycles. The summed E-state index contributed by atoms with van der Waals surface area (Å²) in [5.41, 5.74) is 3.37. The fourth-order valence-corrected chi connectivity index (χ4v) is 4.30. The first-order valence-electron chi connectivity index (χ1n) is 10.1. The first-order valence-corrected chi connectivity index (χ1v) is 10.1. The van der Waals surface area contributed by atoms with Crippen LogP contribution in [0.15, 0.2) is 24.4 Å². The maximum absolute atomic E-state index is 6.31. The van der Waals surface area contributed by atoms with E-state index in [0.717, 1.165) is 68.5 Å². The van der Waals surface area contributed by atoms with E-state index in [-0.39, 0.29) is 5.60 Å². The van der Waals surface area contributed by atoms with Crippen molar-refractivity contribution in [3.05, 3.63) is 47.0 Å². The molecule has 0 bridgehead atoms. The summed E-state index contributed by atoms with van der Waals surface area (Å²) < 4.78 is 17.4. The maximum atomic E-state index is 6.31. The minimum Gasteiger partial charge on any atom is -0.493 e. The van der Waals surface area contributed by atoms with Crippen molar-refractivity contribution in [1.82, 2.24) is 14.9 Å². The molecular weight excluding hydrogens is 354 g/mol. The Bertz CT molecular complexity index is 832. The van der Waals surface area contributed by atoms with E-state index in [2.05, 4.69) is 22.0 Å². The van der Waals surface area contributed by atoms with Gasteiger partial charge in [-0.3, -0.25) is 4.90 Å². The van der Waals surface area contributed by atoms with Crippen molar-refractivity contribution >= 4 is 0 Å². The van der Waals surface area contributed by atoms with Gasteiger partial charge in [-0.25, -0.2) is 9.97 Å². The summed E-state index contributed by atoms with van der Waals surface area (Å²) >= 11 is 0. The monoisotopic (exact) mass is 383 g/mol. The molecule has 2 aliphatic rings. The van der Waals surface area contributed by atoms with E-state index in [4.69, 9.17) is 19.2 Å². The van der Waals surface area contributed by atoms with Crippen molar-refractivity contribution in [3.63, 3.8) is 0 Å². The van der Waals surface area contributed by atoms with Crippen LogP contribution in [0.2, 0.25) is 0 Å². The number of likely N-dealkylation sites (tertiary alicyclic amines) is 1. The number of nitrogens with zero attached hydrogens (tertiary/aromatic N) is 3. The van der Waals surface area contributed by atoms with Crippen LogP contribution in [0.25, 0.3) is 0 Å². The molecule has 0 unspecified atom stereocenters. The number of piperidine rings is 1. The van der Waals surface area contributed by atoms with E-state index in [9.17, 15) is 0 Å². The standard InChI is InChI=1S/C22H29N3O3/c1-4-27-20-13-17(5-6-19(20)26-3)15-25-10-8-22(9-11-25)21-18(7-12-28-22)14-23-16(2)24-21/h5-6,13-14H,4,7-12,15H2,1-3H3. The summed E-state index contributed by atoms with van der Waals surface area (Å²) in [6.07, 6.45) is 4.82. The van der Waals surface area contributed by atoms with Crippen LogP contribution in [-0.4, -0.2) is 48.3 Å². The predicted molar refractivity (Wildman–Crippen MR) is 107 cm³/mol. The van der Waals surface area contributed by atoms with Gasteiger partial charge >= 0.3 is 0 Å². The van der Waals surface area contributed by atoms with E-state index < -0.39 is 0 Å². The first kappa shape index (κ1) is 19.2. The number of hydrogen-bond acceptors (Lipinski definition) is 6. The van der Waals surface area contributed by atoms with E-state index in [1.165, 1.54) is 11.1 Å². The Balaban J connectivity index is 1.46. The lowest BCUT2D eigenvalue weighted by Gasteiger charge is -2.44. The van der Waals surface area contributed by atoms with E-state index in [1.54, 1.807) is 7.11 Å². The molecule has 0 radical (unpaired) electrons. The Morgan fingerprint density at radius 2 is 2.04 bits per heavy atom. The lowest BCUT2D eigenvalue weighted by molar-refractivity contribution is -0.102. The highest BCUT2D eigenvalue weighted by molar-refractivity contribution is 5.43. The molecule has 6 nitrogen and oxygen atoms in total. The Kier molecular flexibility index (Phi) is 5.51. The summed E-state index contributed by atoms with van der Waals surface area (Å²) in [6.45, 7) is 8.20. The van der Waals surface area contributed by atoms with Gasteiger partial charge in [0.15, 0.2) is 11.5 Å². The molecule has 0 aliphatic carbocycles. The number of methoxy groups -OCH3 is 1. The third-order valence-electron chi connectivity index (χ3n) is 5.76. The van der Waals surface area contributed by atoms with Crippen LogP contribution in [0.3, 0.4) is 0 Å². The minimum absolute atomic E-state index is 0.242. The largest absolute Gasteiger partial charge is 0.493 e. The molecule has 3 heterocycles. The Hall–Kier alpha value is -2.18. The Morgan fingerprint density at radius 3 is 2.79 bits per heavy atom. The molecule has 2 aromatic rings. The second-order valence-electron chi connectivity index (χ2n) is 7.58. The highest BCUT2D eigenvalue weighted by Crippen LogP contribution is 2.40. The third-order valence-corrected chi connectivity index (χ3v) is 5.76. The number of ether oxygens (including phenoxy) is 3. The molecule has 28 heavy (non-hydrogen) atoms. The molecule has 4 rings (SSSR count). The van der Waals surface area contributed by atoms with Crippen LogP contribution in [0.1, 0.15) is 42.4 Å². The summed E-state index contributed by atoms with van der Waals surface area (Å²) in [4.78, 5) is 11.6. The lowest BCUT2D eigenvalue weighted by atomic mass is 9.83. The van der Waals surface area contributed by atoms with Crippen LogP contribution in [-0.2, 0) is 23.3 Å². The summed E-state index contributed by atoms with van der Waals surface area (Å²) in [5.74, 6) is 2.42. The fraction of sp³-hybridized carbons (Fsp3) is 0.545. The van der Waals surface area contributed by atoms with Crippen molar-refractivity contribution in [1.29, 1.82) is 0 Å². The Labute approximate surface area is 166 Å². The topological polar surface area (TPSA) is 56.7 Å². The van der Waals surface area contributed by atoms with Gasteiger partial charge in [-0.2, -0.15) is 0 Å². The predicted octanol–water partition coefficient (Wildman–Crippen LogP) is 3.26. The molecule has 0 N–H and O–H groups in total. The average molecular weight is 383 g/mol. The van der Waals surface area contributed by atoms with Gasteiger partial charge in [0.2, 0.25) is 0 Å². The molecule has 2 aliphatic heterocycles. The number of rotatable bonds is 5. The van der Waals surface area contributed by atoms with Crippen molar-refractivity contribution in [2.45, 2.75) is 45.3 Å². The zero-order valence-corrected chi connectivity index (χ0v) is 17.0.